The highest BCUT2D eigenvalue weighted by Gasteiger charge is 2.44. The lowest BCUT2D eigenvalue weighted by molar-refractivity contribution is -0.137. The zero-order valence-electron chi connectivity index (χ0n) is 19.3. The van der Waals surface area contributed by atoms with Crippen molar-refractivity contribution in [2.24, 2.45) is 10.4 Å². The molecule has 2 unspecified atom stereocenters. The van der Waals surface area contributed by atoms with Crippen molar-refractivity contribution in [3.8, 4) is 16.9 Å². The monoisotopic (exact) mass is 475 g/mol. The van der Waals surface area contributed by atoms with Crippen molar-refractivity contribution in [3.63, 3.8) is 0 Å². The van der Waals surface area contributed by atoms with Crippen molar-refractivity contribution in [1.29, 1.82) is 0 Å². The third-order valence-corrected chi connectivity index (χ3v) is 6.24. The SMILES string of the molecule is CC(C)(C)C1C(NC(=O)O)CCN1C1=NCCOc2ccc(-c3ccc(C(F)(F)F)cc3)cc21. The number of benzene rings is 2. The predicted octanol–water partition coefficient (Wildman–Crippen LogP) is 5.27. The van der Waals surface area contributed by atoms with Crippen LogP contribution in [-0.2, 0) is 6.18 Å². The molecule has 0 bridgehead atoms. The number of fused-ring (bicyclic) bond motifs is 1. The molecule has 2 N–H and O–H groups in total. The molecule has 2 aliphatic rings. The first-order valence-electron chi connectivity index (χ1n) is 11.2. The van der Waals surface area contributed by atoms with Crippen molar-refractivity contribution in [2.45, 2.75) is 45.5 Å². The average molecular weight is 476 g/mol. The minimum absolute atomic E-state index is 0.136. The van der Waals surface area contributed by atoms with Crippen molar-refractivity contribution < 1.29 is 27.8 Å². The number of rotatable bonds is 2. The maximum atomic E-state index is 13.0. The van der Waals surface area contributed by atoms with Gasteiger partial charge in [0.1, 0.15) is 18.2 Å². The number of alkyl halides is 3. The molecule has 1 fully saturated rings. The van der Waals surface area contributed by atoms with Crippen LogP contribution in [0.3, 0.4) is 0 Å². The summed E-state index contributed by atoms with van der Waals surface area (Å²) in [4.78, 5) is 18.3. The fraction of sp³-hybridized carbons (Fsp3) is 0.440. The van der Waals surface area contributed by atoms with Crippen LogP contribution in [0.1, 0.15) is 38.3 Å². The number of amides is 1. The van der Waals surface area contributed by atoms with Crippen LogP contribution in [0, 0.1) is 5.41 Å². The first-order valence-corrected chi connectivity index (χ1v) is 11.2. The Balaban J connectivity index is 1.73. The quantitative estimate of drug-likeness (QED) is 0.621. The number of hydrogen-bond acceptors (Lipinski definition) is 4. The lowest BCUT2D eigenvalue weighted by atomic mass is 9.82. The number of nitrogens with one attached hydrogen (secondary N) is 1. The van der Waals surface area contributed by atoms with Crippen LogP contribution in [0.2, 0.25) is 0 Å². The zero-order valence-corrected chi connectivity index (χ0v) is 19.3. The number of hydrogen-bond donors (Lipinski definition) is 2. The van der Waals surface area contributed by atoms with Gasteiger partial charge in [-0.1, -0.05) is 39.0 Å². The van der Waals surface area contributed by atoms with Crippen molar-refractivity contribution in [2.75, 3.05) is 19.7 Å². The zero-order chi connectivity index (χ0) is 24.7. The van der Waals surface area contributed by atoms with Crippen LogP contribution in [-0.4, -0.2) is 53.7 Å². The molecule has 34 heavy (non-hydrogen) atoms. The number of carboxylic acid groups (broad SMARTS) is 1. The number of ether oxygens (including phenoxy) is 1. The average Bonchev–Trinajstić information content (AvgIpc) is 3.05. The van der Waals surface area contributed by atoms with Crippen LogP contribution >= 0.6 is 0 Å². The molecule has 0 radical (unpaired) electrons. The number of carbonyl (C=O) groups is 1. The van der Waals surface area contributed by atoms with Gasteiger partial charge >= 0.3 is 12.3 Å². The van der Waals surface area contributed by atoms with Gasteiger partial charge in [0.2, 0.25) is 0 Å². The van der Waals surface area contributed by atoms with Crippen molar-refractivity contribution in [3.05, 3.63) is 53.6 Å². The molecule has 182 valence electrons. The Bertz CT molecular complexity index is 1090. The van der Waals surface area contributed by atoms with Crippen LogP contribution in [0.4, 0.5) is 18.0 Å². The van der Waals surface area contributed by atoms with E-state index >= 15 is 0 Å². The summed E-state index contributed by atoms with van der Waals surface area (Å²) in [6.45, 7) is 7.68. The molecule has 2 heterocycles. The Morgan fingerprint density at radius 1 is 1.12 bits per heavy atom. The minimum atomic E-state index is -4.39. The molecule has 2 aliphatic heterocycles. The lowest BCUT2D eigenvalue weighted by Gasteiger charge is -2.39. The number of likely N-dealkylation sites (tertiary alicyclic amines) is 1. The highest BCUT2D eigenvalue weighted by Crippen LogP contribution is 2.38. The van der Waals surface area contributed by atoms with E-state index < -0.39 is 17.8 Å². The van der Waals surface area contributed by atoms with Gasteiger partial charge in [-0.05, 0) is 47.2 Å². The molecule has 9 heteroatoms. The summed E-state index contributed by atoms with van der Waals surface area (Å²) in [6.07, 6.45) is -4.81. The Morgan fingerprint density at radius 3 is 2.41 bits per heavy atom. The molecule has 1 saturated heterocycles. The number of amidine groups is 1. The second-order valence-corrected chi connectivity index (χ2v) is 9.69. The molecule has 1 amide bonds. The second-order valence-electron chi connectivity index (χ2n) is 9.69. The van der Waals surface area contributed by atoms with Crippen LogP contribution in [0.5, 0.6) is 5.75 Å². The molecule has 2 aromatic carbocycles. The van der Waals surface area contributed by atoms with Gasteiger partial charge < -0.3 is 20.1 Å². The fourth-order valence-electron chi connectivity index (χ4n) is 4.91. The largest absolute Gasteiger partial charge is 0.491 e. The maximum absolute atomic E-state index is 13.0. The van der Waals surface area contributed by atoms with Crippen LogP contribution in [0.15, 0.2) is 47.5 Å². The Kier molecular flexibility index (Phi) is 6.22. The third kappa shape index (κ3) is 4.83. The summed E-state index contributed by atoms with van der Waals surface area (Å²) in [5, 5.41) is 12.0. The van der Waals surface area contributed by atoms with E-state index in [0.717, 1.165) is 29.1 Å². The first-order chi connectivity index (χ1) is 15.9. The van der Waals surface area contributed by atoms with E-state index in [9.17, 15) is 23.1 Å². The van der Waals surface area contributed by atoms with Crippen molar-refractivity contribution in [1.82, 2.24) is 10.2 Å². The van der Waals surface area contributed by atoms with Crippen LogP contribution < -0.4 is 10.1 Å². The summed E-state index contributed by atoms with van der Waals surface area (Å²) in [5.41, 5.74) is 1.21. The second kappa shape index (κ2) is 8.85. The minimum Gasteiger partial charge on any atom is -0.491 e. The standard InChI is InChI=1S/C25H28F3N3O3/c1-24(2,3)21-19(30-23(32)33)10-12-31(21)22-18-14-16(6-9-20(18)34-13-11-29-22)15-4-7-17(8-5-15)25(26,27)28/h4-9,14,19,21,30H,10-13H2,1-3H3,(H,32,33). The molecule has 0 saturated carbocycles. The molecule has 2 aromatic rings. The van der Waals surface area contributed by atoms with E-state index in [1.807, 2.05) is 18.2 Å². The van der Waals surface area contributed by atoms with E-state index in [1.54, 1.807) is 0 Å². The van der Waals surface area contributed by atoms with E-state index in [-0.39, 0.29) is 17.5 Å². The van der Waals surface area contributed by atoms with Gasteiger partial charge in [0.25, 0.3) is 0 Å². The summed E-state index contributed by atoms with van der Waals surface area (Å²) in [5.74, 6) is 1.37. The Morgan fingerprint density at radius 2 is 1.79 bits per heavy atom. The lowest BCUT2D eigenvalue weighted by Crippen LogP contribution is -2.53. The number of aliphatic imine (C=N–C) groups is 1. The van der Waals surface area contributed by atoms with E-state index in [1.165, 1.54) is 12.1 Å². The van der Waals surface area contributed by atoms with Gasteiger partial charge in [-0.2, -0.15) is 13.2 Å². The van der Waals surface area contributed by atoms with Crippen LogP contribution in [0.25, 0.3) is 11.1 Å². The summed E-state index contributed by atoms with van der Waals surface area (Å²) in [7, 11) is 0. The third-order valence-electron chi connectivity index (χ3n) is 6.24. The number of nitrogens with zero attached hydrogens (tertiary/aromatic N) is 2. The Labute approximate surface area is 196 Å². The normalized spacial score (nSPS) is 20.8. The molecule has 0 spiro atoms. The molecule has 0 aliphatic carbocycles. The van der Waals surface area contributed by atoms with Gasteiger partial charge in [0, 0.05) is 6.54 Å². The fourth-order valence-corrected chi connectivity index (χ4v) is 4.91. The highest BCUT2D eigenvalue weighted by molar-refractivity contribution is 6.03. The maximum Gasteiger partial charge on any atom is 0.416 e. The molecular weight excluding hydrogens is 447 g/mol. The van der Waals surface area contributed by atoms with Gasteiger partial charge in [-0.15, -0.1) is 0 Å². The molecule has 4 rings (SSSR count). The smallest absolute Gasteiger partial charge is 0.416 e. The van der Waals surface area contributed by atoms with Gasteiger partial charge in [-0.3, -0.25) is 4.99 Å². The van der Waals surface area contributed by atoms with E-state index in [0.29, 0.717) is 37.4 Å². The van der Waals surface area contributed by atoms with Gasteiger partial charge in [0.05, 0.1) is 29.8 Å². The Hall–Kier alpha value is -3.23. The molecule has 0 aromatic heterocycles. The van der Waals surface area contributed by atoms with E-state index in [4.69, 9.17) is 9.73 Å². The molecule has 2 atom stereocenters. The van der Waals surface area contributed by atoms with Gasteiger partial charge in [0.15, 0.2) is 0 Å². The summed E-state index contributed by atoms with van der Waals surface area (Å²) in [6, 6.07) is 10.2. The van der Waals surface area contributed by atoms with Gasteiger partial charge in [-0.25, -0.2) is 4.79 Å². The highest BCUT2D eigenvalue weighted by atomic mass is 19.4. The predicted molar refractivity (Wildman–Crippen MR) is 123 cm³/mol. The number of halogens is 3. The van der Waals surface area contributed by atoms with Crippen molar-refractivity contribution >= 4 is 11.9 Å². The topological polar surface area (TPSA) is 74.2 Å². The molecule has 6 nitrogen and oxygen atoms in total. The first kappa shape index (κ1) is 23.9. The molecular formula is C25H28F3N3O3. The van der Waals surface area contributed by atoms with E-state index in [2.05, 4.69) is 31.0 Å². The summed E-state index contributed by atoms with van der Waals surface area (Å²) < 4.78 is 44.8. The summed E-state index contributed by atoms with van der Waals surface area (Å²) >= 11 is 0.